The Labute approximate surface area is 211 Å². The molecule has 0 atom stereocenters. The van der Waals surface area contributed by atoms with Crippen LogP contribution in [0.2, 0.25) is 0 Å². The smallest absolute Gasteiger partial charge is 0.343 e. The monoisotopic (exact) mass is 522 g/mol. The van der Waals surface area contributed by atoms with Gasteiger partial charge in [0.1, 0.15) is 34.1 Å². The molecular formula is C22H14N6O10. The van der Waals surface area contributed by atoms with Crippen molar-refractivity contribution in [2.24, 2.45) is 0 Å². The number of carboxylic acid groups (broad SMARTS) is 2. The Bertz CT molecular complexity index is 1380. The van der Waals surface area contributed by atoms with Gasteiger partial charge < -0.3 is 38.6 Å². The Hall–Kier alpha value is -5.80. The molecule has 16 nitrogen and oxygen atoms in total. The quantitative estimate of drug-likeness (QED) is 0.347. The van der Waals surface area contributed by atoms with Gasteiger partial charge in [-0.25, -0.2) is 9.59 Å². The molecule has 16 heteroatoms. The summed E-state index contributed by atoms with van der Waals surface area (Å²) >= 11 is 0. The van der Waals surface area contributed by atoms with Gasteiger partial charge in [0, 0.05) is 0 Å². The molecule has 1 aliphatic rings. The van der Waals surface area contributed by atoms with Gasteiger partial charge in [0.2, 0.25) is 0 Å². The van der Waals surface area contributed by atoms with E-state index < -0.39 is 47.1 Å². The number of rotatable bonds is 4. The summed E-state index contributed by atoms with van der Waals surface area (Å²) in [7, 11) is 2.52. The highest BCUT2D eigenvalue weighted by Gasteiger charge is 2.25. The molecular weight excluding hydrogens is 508 g/mol. The Morgan fingerprint density at radius 3 is 1.11 bits per heavy atom. The van der Waals surface area contributed by atoms with Crippen LogP contribution in [0.25, 0.3) is 0 Å². The minimum absolute atomic E-state index is 0.230. The van der Waals surface area contributed by atoms with E-state index in [1.165, 1.54) is 50.6 Å². The van der Waals surface area contributed by atoms with Gasteiger partial charge in [0.05, 0.1) is 14.2 Å². The van der Waals surface area contributed by atoms with E-state index in [4.69, 9.17) is 28.4 Å². The second kappa shape index (κ2) is 9.69. The number of benzene rings is 2. The fourth-order valence-electron chi connectivity index (χ4n) is 3.18. The van der Waals surface area contributed by atoms with Crippen molar-refractivity contribution in [1.29, 1.82) is 0 Å². The summed E-state index contributed by atoms with van der Waals surface area (Å²) in [4.78, 5) is 48.1. The molecule has 8 bridgehead atoms. The van der Waals surface area contributed by atoms with E-state index >= 15 is 0 Å². The number of carbonyl (C=O) groups is 2. The van der Waals surface area contributed by atoms with Crippen LogP contribution in [-0.2, 0) is 0 Å². The predicted molar refractivity (Wildman–Crippen MR) is 120 cm³/mol. The van der Waals surface area contributed by atoms with E-state index in [9.17, 15) is 19.8 Å². The summed E-state index contributed by atoms with van der Waals surface area (Å²) in [5, 5.41) is 19.8. The van der Waals surface area contributed by atoms with Crippen LogP contribution < -0.4 is 28.4 Å². The van der Waals surface area contributed by atoms with Crippen LogP contribution in [0.3, 0.4) is 0 Å². The molecule has 2 aromatic heterocycles. The van der Waals surface area contributed by atoms with Gasteiger partial charge >= 0.3 is 48.0 Å². The van der Waals surface area contributed by atoms with Gasteiger partial charge in [-0.1, -0.05) is 12.1 Å². The van der Waals surface area contributed by atoms with Gasteiger partial charge in [0.25, 0.3) is 0 Å². The average molecular weight is 522 g/mol. The van der Waals surface area contributed by atoms with Gasteiger partial charge in [-0.2, -0.15) is 0 Å². The molecule has 2 N–H and O–H groups in total. The number of aromatic carboxylic acids is 2. The molecule has 38 heavy (non-hydrogen) atoms. The topological polar surface area (TPSA) is 207 Å². The Morgan fingerprint density at radius 1 is 0.579 bits per heavy atom. The molecule has 192 valence electrons. The summed E-state index contributed by atoms with van der Waals surface area (Å²) in [5.41, 5.74) is -0.858. The van der Waals surface area contributed by atoms with E-state index in [1.807, 2.05) is 0 Å². The second-order valence-electron chi connectivity index (χ2n) is 7.05. The van der Waals surface area contributed by atoms with Gasteiger partial charge in [-0.3, -0.25) is 0 Å². The number of hydrogen-bond acceptors (Lipinski definition) is 14. The van der Waals surface area contributed by atoms with Crippen molar-refractivity contribution in [3.63, 3.8) is 0 Å². The summed E-state index contributed by atoms with van der Waals surface area (Å²) in [6.45, 7) is 0. The molecule has 0 unspecified atom stereocenters. The zero-order valence-corrected chi connectivity index (χ0v) is 19.3. The first-order valence-corrected chi connectivity index (χ1v) is 10.4. The Balaban J connectivity index is 1.76. The highest BCUT2D eigenvalue weighted by Crippen LogP contribution is 2.37. The van der Waals surface area contributed by atoms with Crippen LogP contribution in [0, 0.1) is 0 Å². The first kappa shape index (κ1) is 23.9. The molecule has 4 aromatic rings. The molecule has 0 spiro atoms. The Kier molecular flexibility index (Phi) is 6.10. The fourth-order valence-corrected chi connectivity index (χ4v) is 3.18. The third-order valence-corrected chi connectivity index (χ3v) is 4.72. The normalized spacial score (nSPS) is 11.6. The first-order valence-electron chi connectivity index (χ1n) is 10.4. The van der Waals surface area contributed by atoms with E-state index in [2.05, 4.69) is 29.9 Å². The summed E-state index contributed by atoms with van der Waals surface area (Å²) in [6.07, 6.45) is 0. The van der Waals surface area contributed by atoms with Gasteiger partial charge in [-0.15, -0.1) is 29.9 Å². The number of fused-ring (bicyclic) bond motifs is 8. The van der Waals surface area contributed by atoms with Crippen molar-refractivity contribution < 1.29 is 48.2 Å². The molecule has 0 aliphatic carbocycles. The largest absolute Gasteiger partial charge is 0.477 e. The SMILES string of the molecule is COc1nc2nc(n1)Oc1cccc(c1C(=O)O)Oc1nc(OC)nc(n1)Oc1cccc(c1C(=O)O)O2. The van der Waals surface area contributed by atoms with Crippen molar-refractivity contribution in [3.8, 4) is 59.1 Å². The van der Waals surface area contributed by atoms with E-state index in [-0.39, 0.29) is 35.0 Å². The lowest BCUT2D eigenvalue weighted by Gasteiger charge is -2.15. The molecule has 2 aromatic carbocycles. The molecule has 0 saturated carbocycles. The molecule has 5 rings (SSSR count). The zero-order chi connectivity index (χ0) is 26.8. The minimum atomic E-state index is -1.42. The van der Waals surface area contributed by atoms with Crippen LogP contribution in [0.15, 0.2) is 36.4 Å². The number of ether oxygens (including phenoxy) is 6. The summed E-state index contributed by atoms with van der Waals surface area (Å²) in [6, 6.07) is 5.95. The number of methoxy groups -OCH3 is 2. The zero-order valence-electron chi connectivity index (χ0n) is 19.3. The van der Waals surface area contributed by atoms with E-state index in [0.29, 0.717) is 0 Å². The van der Waals surface area contributed by atoms with Crippen molar-refractivity contribution in [1.82, 2.24) is 29.9 Å². The number of hydrogen-bond donors (Lipinski definition) is 2. The Morgan fingerprint density at radius 2 is 0.868 bits per heavy atom. The van der Waals surface area contributed by atoms with Gasteiger partial charge in [-0.05, 0) is 24.3 Å². The van der Waals surface area contributed by atoms with Crippen LogP contribution in [0.1, 0.15) is 20.7 Å². The lowest BCUT2D eigenvalue weighted by Crippen LogP contribution is -2.09. The van der Waals surface area contributed by atoms with Crippen LogP contribution in [0.5, 0.6) is 59.1 Å². The van der Waals surface area contributed by atoms with Crippen molar-refractivity contribution in [2.45, 2.75) is 0 Å². The second-order valence-corrected chi connectivity index (χ2v) is 7.05. The van der Waals surface area contributed by atoms with Gasteiger partial charge in [0.15, 0.2) is 0 Å². The van der Waals surface area contributed by atoms with Crippen LogP contribution in [0.4, 0.5) is 0 Å². The number of carboxylic acids is 2. The van der Waals surface area contributed by atoms with Crippen molar-refractivity contribution in [3.05, 3.63) is 47.5 Å². The lowest BCUT2D eigenvalue weighted by molar-refractivity contribution is 0.0680. The molecule has 0 fully saturated rings. The third-order valence-electron chi connectivity index (χ3n) is 4.72. The number of nitrogens with zero attached hydrogens (tertiary/aromatic N) is 6. The standard InChI is InChI=1S/C22H14N6O10/c1-33-17-23-19-27-20(24-17)36-10-6-4-8-12(14(10)16(31)32)38-22-26-18(34-2)25-21(28-22)37-11-7-3-5-9(35-19)13(11)15(29)30/h3-8H,1-2H3,(H,29,30)(H,31,32). The molecule has 0 amide bonds. The maximum absolute atomic E-state index is 12.2. The van der Waals surface area contributed by atoms with Crippen molar-refractivity contribution >= 4 is 11.9 Å². The highest BCUT2D eigenvalue weighted by atomic mass is 16.5. The molecule has 3 heterocycles. The molecule has 0 radical (unpaired) electrons. The third kappa shape index (κ3) is 4.68. The van der Waals surface area contributed by atoms with Crippen LogP contribution in [-0.4, -0.2) is 66.3 Å². The minimum Gasteiger partial charge on any atom is -0.477 e. The summed E-state index contributed by atoms with van der Waals surface area (Å²) in [5.74, 6) is -3.77. The fraction of sp³-hybridized carbons (Fsp3) is 0.0909. The van der Waals surface area contributed by atoms with E-state index in [0.717, 1.165) is 0 Å². The predicted octanol–water partition coefficient (Wildman–Crippen LogP) is 2.95. The maximum atomic E-state index is 12.2. The molecule has 1 aliphatic heterocycles. The van der Waals surface area contributed by atoms with E-state index in [1.54, 1.807) is 0 Å². The first-order chi connectivity index (χ1) is 18.3. The summed E-state index contributed by atoms with van der Waals surface area (Å²) < 4.78 is 32.6. The number of aromatic nitrogens is 6. The lowest BCUT2D eigenvalue weighted by atomic mass is 10.2. The maximum Gasteiger partial charge on any atom is 0.343 e. The average Bonchev–Trinajstić information content (AvgIpc) is 2.87. The van der Waals surface area contributed by atoms with Crippen LogP contribution >= 0.6 is 0 Å². The highest BCUT2D eigenvalue weighted by molar-refractivity contribution is 5.95. The molecule has 0 saturated heterocycles. The van der Waals surface area contributed by atoms with Crippen molar-refractivity contribution in [2.75, 3.05) is 14.2 Å².